The van der Waals surface area contributed by atoms with Gasteiger partial charge >= 0.3 is 0 Å². The third-order valence-electron chi connectivity index (χ3n) is 4.94. The molecule has 1 amide bonds. The van der Waals surface area contributed by atoms with Crippen molar-refractivity contribution in [1.82, 2.24) is 9.88 Å². The molecule has 3 rings (SSSR count). The van der Waals surface area contributed by atoms with Crippen molar-refractivity contribution >= 4 is 36.5 Å². The molecule has 1 fully saturated rings. The molecule has 0 saturated carbocycles. The number of carbonyl (C=O) groups is 1. The topological polar surface area (TPSA) is 62.5 Å². The number of carbonyl (C=O) groups excluding carboxylic acids is 1. The zero-order chi connectivity index (χ0) is 18.4. The van der Waals surface area contributed by atoms with Crippen LogP contribution in [0.3, 0.4) is 0 Å². The number of halogens is 2. The Kier molecular flexibility index (Phi) is 10.3. The molecule has 5 nitrogen and oxygen atoms in total. The van der Waals surface area contributed by atoms with Gasteiger partial charge in [-0.05, 0) is 36.5 Å². The van der Waals surface area contributed by atoms with Crippen LogP contribution in [0.1, 0.15) is 29.3 Å². The van der Waals surface area contributed by atoms with Gasteiger partial charge in [0.2, 0.25) is 0 Å². The average Bonchev–Trinajstić information content (AvgIpc) is 3.12. The van der Waals surface area contributed by atoms with Gasteiger partial charge in [-0.15, -0.1) is 24.8 Å². The van der Waals surface area contributed by atoms with E-state index in [1.807, 2.05) is 29.2 Å². The highest BCUT2D eigenvalue weighted by Crippen LogP contribution is 2.22. The Morgan fingerprint density at radius 2 is 1.96 bits per heavy atom. The summed E-state index contributed by atoms with van der Waals surface area (Å²) in [5.74, 6) is 1.61. The third kappa shape index (κ3) is 6.36. The molecule has 2 aromatic rings. The molecule has 154 valence electrons. The number of hydrogen-bond donors (Lipinski definition) is 1. The maximum atomic E-state index is 13.0. The number of nitrogens with two attached hydrogens (primary N) is 1. The fraction of sp³-hybridized carbons (Fsp3) is 0.429. The quantitative estimate of drug-likeness (QED) is 0.739. The van der Waals surface area contributed by atoms with E-state index in [1.165, 1.54) is 12.0 Å². The highest BCUT2D eigenvalue weighted by molar-refractivity contribution is 5.94. The summed E-state index contributed by atoms with van der Waals surface area (Å²) in [5, 5.41) is 0. The number of anilines is 1. The molecular formula is C21H30Cl2N4O. The predicted octanol–water partition coefficient (Wildman–Crippen LogP) is 3.42. The Hall–Kier alpha value is -1.82. The summed E-state index contributed by atoms with van der Waals surface area (Å²) in [6.07, 6.45) is 3.74. The van der Waals surface area contributed by atoms with Crippen LogP contribution in [0.25, 0.3) is 0 Å². The zero-order valence-corrected chi connectivity index (χ0v) is 17.9. The van der Waals surface area contributed by atoms with Crippen molar-refractivity contribution in [3.05, 3.63) is 59.8 Å². The van der Waals surface area contributed by atoms with Gasteiger partial charge in [0.1, 0.15) is 5.82 Å². The lowest BCUT2D eigenvalue weighted by molar-refractivity contribution is 0.0762. The van der Waals surface area contributed by atoms with E-state index in [1.54, 1.807) is 12.3 Å². The molecule has 1 unspecified atom stereocenters. The molecule has 2 N–H and O–H groups in total. The van der Waals surface area contributed by atoms with Gasteiger partial charge in [0.25, 0.3) is 5.91 Å². The second-order valence-electron chi connectivity index (χ2n) is 7.06. The molecular weight excluding hydrogens is 395 g/mol. The van der Waals surface area contributed by atoms with Crippen LogP contribution in [0.15, 0.2) is 48.7 Å². The molecule has 7 heteroatoms. The van der Waals surface area contributed by atoms with Gasteiger partial charge in [0.15, 0.2) is 0 Å². The fourth-order valence-electron chi connectivity index (χ4n) is 3.43. The highest BCUT2D eigenvalue weighted by Gasteiger charge is 2.22. The molecule has 0 bridgehead atoms. The minimum atomic E-state index is 0. The monoisotopic (exact) mass is 424 g/mol. The average molecular weight is 425 g/mol. The summed E-state index contributed by atoms with van der Waals surface area (Å²) in [7, 11) is 0. The minimum absolute atomic E-state index is 0. The van der Waals surface area contributed by atoms with E-state index in [0.29, 0.717) is 31.1 Å². The maximum Gasteiger partial charge on any atom is 0.254 e. The second-order valence-corrected chi connectivity index (χ2v) is 7.06. The molecule has 2 heterocycles. The number of aromatic nitrogens is 1. The first-order valence-electron chi connectivity index (χ1n) is 9.41. The first-order valence-corrected chi connectivity index (χ1v) is 9.41. The van der Waals surface area contributed by atoms with E-state index in [9.17, 15) is 4.79 Å². The Balaban J connectivity index is 0.00000196. The number of benzene rings is 1. The van der Waals surface area contributed by atoms with Crippen LogP contribution >= 0.6 is 24.8 Å². The fourth-order valence-corrected chi connectivity index (χ4v) is 3.43. The molecule has 28 heavy (non-hydrogen) atoms. The zero-order valence-electron chi connectivity index (χ0n) is 16.3. The van der Waals surface area contributed by atoms with E-state index in [2.05, 4.69) is 28.9 Å². The molecule has 0 radical (unpaired) electrons. The standard InChI is InChI=1S/C21H28N4O.2ClH/c1-17-8-12-25(16-17)20-15-19(7-11-23-20)21(26)24(14-10-22)13-9-18-5-3-2-4-6-18;;/h2-7,11,15,17H,8-10,12-14,16,22H2,1H3;2*1H. The van der Waals surface area contributed by atoms with Crippen LogP contribution in [0.5, 0.6) is 0 Å². The van der Waals surface area contributed by atoms with Gasteiger partial charge in [-0.3, -0.25) is 4.79 Å². The number of amides is 1. The van der Waals surface area contributed by atoms with E-state index < -0.39 is 0 Å². The van der Waals surface area contributed by atoms with Gasteiger partial charge in [-0.25, -0.2) is 4.98 Å². The van der Waals surface area contributed by atoms with Crippen molar-refractivity contribution in [1.29, 1.82) is 0 Å². The van der Waals surface area contributed by atoms with E-state index in [-0.39, 0.29) is 30.7 Å². The summed E-state index contributed by atoms with van der Waals surface area (Å²) in [5.41, 5.74) is 7.66. The molecule has 1 aliphatic rings. The lowest BCUT2D eigenvalue weighted by Crippen LogP contribution is -2.37. The predicted molar refractivity (Wildman–Crippen MR) is 120 cm³/mol. The second kappa shape index (κ2) is 11.9. The third-order valence-corrected chi connectivity index (χ3v) is 4.94. The van der Waals surface area contributed by atoms with E-state index in [4.69, 9.17) is 5.73 Å². The van der Waals surface area contributed by atoms with Crippen LogP contribution < -0.4 is 10.6 Å². The molecule has 0 spiro atoms. The van der Waals surface area contributed by atoms with Gasteiger partial charge in [0.05, 0.1) is 0 Å². The lowest BCUT2D eigenvalue weighted by atomic mass is 10.1. The largest absolute Gasteiger partial charge is 0.356 e. The van der Waals surface area contributed by atoms with E-state index in [0.717, 1.165) is 25.3 Å². The normalized spacial score (nSPS) is 15.5. The first kappa shape index (κ1) is 24.2. The van der Waals surface area contributed by atoms with Gasteiger partial charge in [-0.2, -0.15) is 0 Å². The number of nitrogens with zero attached hydrogens (tertiary/aromatic N) is 3. The maximum absolute atomic E-state index is 13.0. The summed E-state index contributed by atoms with van der Waals surface area (Å²) >= 11 is 0. The number of hydrogen-bond acceptors (Lipinski definition) is 4. The molecule has 1 saturated heterocycles. The number of rotatable bonds is 7. The van der Waals surface area contributed by atoms with Crippen molar-refractivity contribution in [2.24, 2.45) is 11.7 Å². The highest BCUT2D eigenvalue weighted by atomic mass is 35.5. The molecule has 1 aliphatic heterocycles. The van der Waals surface area contributed by atoms with Crippen molar-refractivity contribution in [2.45, 2.75) is 19.8 Å². The van der Waals surface area contributed by atoms with Crippen LogP contribution in [0.2, 0.25) is 0 Å². The van der Waals surface area contributed by atoms with Crippen LogP contribution in [-0.2, 0) is 6.42 Å². The van der Waals surface area contributed by atoms with Crippen molar-refractivity contribution < 1.29 is 4.79 Å². The van der Waals surface area contributed by atoms with Crippen LogP contribution in [-0.4, -0.2) is 48.5 Å². The summed E-state index contributed by atoms with van der Waals surface area (Å²) in [4.78, 5) is 21.6. The summed E-state index contributed by atoms with van der Waals surface area (Å²) in [6, 6.07) is 14.0. The lowest BCUT2D eigenvalue weighted by Gasteiger charge is -2.23. The van der Waals surface area contributed by atoms with E-state index >= 15 is 0 Å². The summed E-state index contributed by atoms with van der Waals surface area (Å²) in [6.45, 7) is 5.95. The molecule has 0 aliphatic carbocycles. The number of pyridine rings is 1. The van der Waals surface area contributed by atoms with Gasteiger partial charge in [-0.1, -0.05) is 37.3 Å². The minimum Gasteiger partial charge on any atom is -0.356 e. The SMILES string of the molecule is CC1CCN(c2cc(C(=O)N(CCN)CCc3ccccc3)ccn2)C1.Cl.Cl. The molecule has 1 atom stereocenters. The molecule has 1 aromatic carbocycles. The van der Waals surface area contributed by atoms with Crippen molar-refractivity contribution in [3.63, 3.8) is 0 Å². The van der Waals surface area contributed by atoms with Gasteiger partial charge in [0, 0.05) is 44.5 Å². The Labute approximate surface area is 180 Å². The van der Waals surface area contributed by atoms with Gasteiger partial charge < -0.3 is 15.5 Å². The van der Waals surface area contributed by atoms with Crippen LogP contribution in [0.4, 0.5) is 5.82 Å². The Morgan fingerprint density at radius 1 is 1.21 bits per heavy atom. The van der Waals surface area contributed by atoms with Crippen molar-refractivity contribution in [3.8, 4) is 0 Å². The van der Waals surface area contributed by atoms with Crippen LogP contribution in [0, 0.1) is 5.92 Å². The smallest absolute Gasteiger partial charge is 0.254 e. The Bertz CT molecular complexity index is 729. The summed E-state index contributed by atoms with van der Waals surface area (Å²) < 4.78 is 0. The first-order chi connectivity index (χ1) is 12.7. The molecule has 1 aromatic heterocycles. The Morgan fingerprint density at radius 3 is 2.61 bits per heavy atom. The van der Waals surface area contributed by atoms with Crippen molar-refractivity contribution in [2.75, 3.05) is 37.6 Å².